The van der Waals surface area contributed by atoms with Gasteiger partial charge in [-0.2, -0.15) is 0 Å². The zero-order chi connectivity index (χ0) is 15.3. The molecule has 0 unspecified atom stereocenters. The molecule has 0 aromatic heterocycles. The van der Waals surface area contributed by atoms with Crippen LogP contribution in [0.4, 0.5) is 0 Å². The predicted molar refractivity (Wildman–Crippen MR) is 103 cm³/mol. The number of hydrogen-bond donors (Lipinski definition) is 2. The van der Waals surface area contributed by atoms with Crippen molar-refractivity contribution in [2.45, 2.75) is 19.8 Å². The zero-order valence-corrected chi connectivity index (χ0v) is 16.1. The van der Waals surface area contributed by atoms with E-state index in [0.29, 0.717) is 6.61 Å². The highest BCUT2D eigenvalue weighted by atomic mass is 127. The van der Waals surface area contributed by atoms with Gasteiger partial charge in [-0.05, 0) is 31.9 Å². The van der Waals surface area contributed by atoms with Crippen LogP contribution in [0, 0.1) is 6.92 Å². The second-order valence-corrected chi connectivity index (χ2v) is 4.79. The molecule has 0 heterocycles. The van der Waals surface area contributed by atoms with E-state index in [-0.39, 0.29) is 24.0 Å². The molecule has 0 saturated carbocycles. The van der Waals surface area contributed by atoms with Crippen molar-refractivity contribution in [3.05, 3.63) is 29.8 Å². The highest BCUT2D eigenvalue weighted by molar-refractivity contribution is 14.0. The predicted octanol–water partition coefficient (Wildman–Crippen LogP) is 2.58. The van der Waals surface area contributed by atoms with Gasteiger partial charge in [-0.15, -0.1) is 24.0 Å². The summed E-state index contributed by atoms with van der Waals surface area (Å²) in [5.74, 6) is 1.75. The molecule has 0 radical (unpaired) electrons. The molecule has 0 atom stereocenters. The second-order valence-electron chi connectivity index (χ2n) is 4.79. The number of nitrogens with zero attached hydrogens (tertiary/aromatic N) is 1. The van der Waals surface area contributed by atoms with Crippen LogP contribution in [-0.4, -0.2) is 46.4 Å². The minimum atomic E-state index is 0. The molecule has 6 heteroatoms. The summed E-state index contributed by atoms with van der Waals surface area (Å²) in [6.45, 7) is 5.12. The molecule has 0 saturated heterocycles. The average Bonchev–Trinajstić information content (AvgIpc) is 2.50. The summed E-state index contributed by atoms with van der Waals surface area (Å²) in [6, 6.07) is 8.14. The van der Waals surface area contributed by atoms with Gasteiger partial charge in [-0.25, -0.2) is 0 Å². The molecular formula is C16H28IN3O2. The number of methoxy groups -OCH3 is 1. The van der Waals surface area contributed by atoms with Crippen molar-refractivity contribution < 1.29 is 9.47 Å². The van der Waals surface area contributed by atoms with Crippen molar-refractivity contribution in [3.63, 3.8) is 0 Å². The minimum Gasteiger partial charge on any atom is -0.494 e. The van der Waals surface area contributed by atoms with E-state index in [4.69, 9.17) is 9.47 Å². The lowest BCUT2D eigenvalue weighted by molar-refractivity contribution is 0.203. The van der Waals surface area contributed by atoms with E-state index in [1.165, 1.54) is 5.56 Å². The fourth-order valence-electron chi connectivity index (χ4n) is 1.75. The van der Waals surface area contributed by atoms with E-state index in [1.807, 2.05) is 12.1 Å². The van der Waals surface area contributed by atoms with Gasteiger partial charge in [0.2, 0.25) is 0 Å². The number of unbranched alkanes of at least 4 members (excludes halogenated alkanes) is 1. The van der Waals surface area contributed by atoms with Crippen molar-refractivity contribution in [2.24, 2.45) is 4.99 Å². The van der Waals surface area contributed by atoms with Crippen LogP contribution in [0.25, 0.3) is 0 Å². The van der Waals surface area contributed by atoms with E-state index in [1.54, 1.807) is 14.2 Å². The number of nitrogens with one attached hydrogen (secondary N) is 2. The van der Waals surface area contributed by atoms with Crippen LogP contribution in [0.1, 0.15) is 18.4 Å². The Morgan fingerprint density at radius 1 is 1.05 bits per heavy atom. The maximum Gasteiger partial charge on any atom is 0.191 e. The van der Waals surface area contributed by atoms with Crippen molar-refractivity contribution in [3.8, 4) is 5.75 Å². The summed E-state index contributed by atoms with van der Waals surface area (Å²) >= 11 is 0. The van der Waals surface area contributed by atoms with Crippen LogP contribution in [0.2, 0.25) is 0 Å². The summed E-state index contributed by atoms with van der Waals surface area (Å²) in [6.07, 6.45) is 2.05. The third kappa shape index (κ3) is 9.83. The van der Waals surface area contributed by atoms with E-state index in [0.717, 1.165) is 44.2 Å². The fourth-order valence-corrected chi connectivity index (χ4v) is 1.75. The molecule has 1 rings (SSSR count). The lowest BCUT2D eigenvalue weighted by Crippen LogP contribution is -2.39. The largest absolute Gasteiger partial charge is 0.494 e. The third-order valence-electron chi connectivity index (χ3n) is 2.98. The molecule has 0 aliphatic carbocycles. The summed E-state index contributed by atoms with van der Waals surface area (Å²) < 4.78 is 10.7. The van der Waals surface area contributed by atoms with E-state index in [9.17, 15) is 0 Å². The van der Waals surface area contributed by atoms with Gasteiger partial charge in [0.15, 0.2) is 5.96 Å². The Balaban J connectivity index is 0.00000441. The van der Waals surface area contributed by atoms with E-state index >= 15 is 0 Å². The number of guanidine groups is 1. The Bertz CT molecular complexity index is 410. The maximum absolute atomic E-state index is 5.68. The first-order valence-electron chi connectivity index (χ1n) is 7.39. The number of rotatable bonds is 9. The van der Waals surface area contributed by atoms with Gasteiger partial charge < -0.3 is 20.1 Å². The highest BCUT2D eigenvalue weighted by Crippen LogP contribution is 2.11. The summed E-state index contributed by atoms with van der Waals surface area (Å²) in [7, 11) is 3.45. The minimum absolute atomic E-state index is 0. The molecular weight excluding hydrogens is 393 g/mol. The van der Waals surface area contributed by atoms with Gasteiger partial charge in [0, 0.05) is 27.2 Å². The third-order valence-corrected chi connectivity index (χ3v) is 2.98. The molecule has 5 nitrogen and oxygen atoms in total. The van der Waals surface area contributed by atoms with Crippen LogP contribution in [-0.2, 0) is 4.74 Å². The van der Waals surface area contributed by atoms with E-state index in [2.05, 4.69) is 34.7 Å². The monoisotopic (exact) mass is 421 g/mol. The molecule has 1 aromatic rings. The molecule has 0 fully saturated rings. The first kappa shape index (κ1) is 21.0. The van der Waals surface area contributed by atoms with Crippen molar-refractivity contribution >= 4 is 29.9 Å². The lowest BCUT2D eigenvalue weighted by Gasteiger charge is -2.11. The van der Waals surface area contributed by atoms with Gasteiger partial charge in [-0.1, -0.05) is 17.7 Å². The van der Waals surface area contributed by atoms with E-state index < -0.39 is 0 Å². The quantitative estimate of drug-likeness (QED) is 0.279. The number of halogens is 1. The number of benzene rings is 1. The molecule has 0 amide bonds. The molecule has 2 N–H and O–H groups in total. The first-order valence-corrected chi connectivity index (χ1v) is 7.39. The molecule has 0 aliphatic rings. The van der Waals surface area contributed by atoms with Crippen LogP contribution in [0.3, 0.4) is 0 Å². The van der Waals surface area contributed by atoms with Crippen LogP contribution < -0.4 is 15.4 Å². The van der Waals surface area contributed by atoms with Crippen molar-refractivity contribution in [2.75, 3.05) is 40.5 Å². The Morgan fingerprint density at radius 2 is 1.73 bits per heavy atom. The smallest absolute Gasteiger partial charge is 0.191 e. The molecule has 0 bridgehead atoms. The van der Waals surface area contributed by atoms with Crippen molar-refractivity contribution in [1.82, 2.24) is 10.6 Å². The first-order chi connectivity index (χ1) is 10.3. The van der Waals surface area contributed by atoms with Crippen molar-refractivity contribution in [1.29, 1.82) is 0 Å². The van der Waals surface area contributed by atoms with Gasteiger partial charge in [-0.3, -0.25) is 4.99 Å². The van der Waals surface area contributed by atoms with Gasteiger partial charge in [0.05, 0.1) is 13.2 Å². The average molecular weight is 421 g/mol. The SMILES string of the molecule is CN=C(NCCCCOc1ccc(C)cc1)NCCOC.I. The van der Waals surface area contributed by atoms with Gasteiger partial charge in [0.25, 0.3) is 0 Å². The van der Waals surface area contributed by atoms with Crippen LogP contribution in [0.15, 0.2) is 29.3 Å². The molecule has 0 spiro atoms. The molecule has 0 aliphatic heterocycles. The van der Waals surface area contributed by atoms with Gasteiger partial charge in [0.1, 0.15) is 5.75 Å². The Morgan fingerprint density at radius 3 is 2.36 bits per heavy atom. The Labute approximate surface area is 150 Å². The Hall–Kier alpha value is -1.02. The van der Waals surface area contributed by atoms with Crippen LogP contribution in [0.5, 0.6) is 5.75 Å². The van der Waals surface area contributed by atoms with Crippen LogP contribution >= 0.6 is 24.0 Å². The number of ether oxygens (including phenoxy) is 2. The Kier molecular flexibility index (Phi) is 13.0. The molecule has 22 heavy (non-hydrogen) atoms. The maximum atomic E-state index is 5.68. The molecule has 1 aromatic carbocycles. The highest BCUT2D eigenvalue weighted by Gasteiger charge is 1.97. The van der Waals surface area contributed by atoms with Gasteiger partial charge >= 0.3 is 0 Å². The molecule has 126 valence electrons. The topological polar surface area (TPSA) is 54.9 Å². The number of aliphatic imine (C=N–C) groups is 1. The standard InChI is InChI=1S/C16H27N3O2.HI/c1-14-6-8-15(9-7-14)21-12-5-4-10-18-16(17-2)19-11-13-20-3;/h6-9H,4-5,10-13H2,1-3H3,(H2,17,18,19);1H. The zero-order valence-electron chi connectivity index (χ0n) is 13.7. The normalized spacial score (nSPS) is 10.8. The summed E-state index contributed by atoms with van der Waals surface area (Å²) in [5.41, 5.74) is 1.25. The summed E-state index contributed by atoms with van der Waals surface area (Å²) in [5, 5.41) is 6.44. The number of aryl methyl sites for hydroxylation is 1. The second kappa shape index (κ2) is 13.6. The number of hydrogen-bond acceptors (Lipinski definition) is 3. The summed E-state index contributed by atoms with van der Waals surface area (Å²) in [4.78, 5) is 4.14. The lowest BCUT2D eigenvalue weighted by atomic mass is 10.2. The fraction of sp³-hybridized carbons (Fsp3) is 0.562.